The first-order valence-electron chi connectivity index (χ1n) is 21.4. The van der Waals surface area contributed by atoms with E-state index in [1.54, 1.807) is 6.08 Å². The Morgan fingerprint density at radius 1 is 0.627 bits per heavy atom. The van der Waals surface area contributed by atoms with Gasteiger partial charge in [0, 0.05) is 12.8 Å². The molecule has 1 N–H and O–H groups in total. The summed E-state index contributed by atoms with van der Waals surface area (Å²) in [7, 11) is 1.04. The standard InChI is InChI=1S/C48H76NO9P/c1-6-8-10-12-14-15-16-17-18-19-20-21-22-23-28-32-36-40-48(52)58-46(44-57-59(53,54)56-42-41-49(3,4)5)43-55-47(51)39-35-31-27-25-24-26-30-34-38-45(50)37-33-29-13-11-9-7-2/h8-11,14-15,17-18,20-21,23,25-30,33-34,38,45-46,50H,6-7,12-13,16,19,22,24,31-32,35-37,39-44H2,1-5H3/b10-8-,11-9-,15-14-,18-17-,21-20-,27-25-,28-23-,30-26-,33-29-,38-34+/t45?,46-/m1/s1. The van der Waals surface area contributed by atoms with Crippen molar-refractivity contribution in [2.24, 2.45) is 0 Å². The van der Waals surface area contributed by atoms with Crippen LogP contribution >= 0.6 is 7.82 Å². The number of likely N-dealkylation sites (N-methyl/N-ethyl adjacent to an activating group) is 1. The largest absolute Gasteiger partial charge is 0.756 e. The summed E-state index contributed by atoms with van der Waals surface area (Å²) >= 11 is 0. The first-order chi connectivity index (χ1) is 28.4. The van der Waals surface area contributed by atoms with Crippen molar-refractivity contribution < 1.29 is 47.2 Å². The molecule has 0 amide bonds. The maximum atomic E-state index is 12.6. The van der Waals surface area contributed by atoms with E-state index >= 15 is 0 Å². The van der Waals surface area contributed by atoms with Gasteiger partial charge in [-0.15, -0.1) is 0 Å². The van der Waals surface area contributed by atoms with Crippen molar-refractivity contribution in [2.45, 2.75) is 122 Å². The fourth-order valence-electron chi connectivity index (χ4n) is 4.75. The smallest absolute Gasteiger partial charge is 0.306 e. The third kappa shape index (κ3) is 42.3. The maximum Gasteiger partial charge on any atom is 0.306 e. The molecule has 332 valence electrons. The van der Waals surface area contributed by atoms with Crippen LogP contribution in [0.1, 0.15) is 110 Å². The van der Waals surface area contributed by atoms with Crippen molar-refractivity contribution in [3.63, 3.8) is 0 Å². The molecule has 0 heterocycles. The summed E-state index contributed by atoms with van der Waals surface area (Å²) in [6.45, 7) is 3.73. The van der Waals surface area contributed by atoms with E-state index in [1.165, 1.54) is 0 Å². The Balaban J connectivity index is 4.66. The van der Waals surface area contributed by atoms with Crippen molar-refractivity contribution in [1.82, 2.24) is 0 Å². The molecule has 10 nitrogen and oxygen atoms in total. The SMILES string of the molecule is CC/C=C\C/C=C\C/C=C\C/C=C\C/C=C\CCCC(=O)O[C@H](COC(=O)CCC/C=C\C/C=C\C=C\C(O)C/C=C\C/C=C\CC)COP(=O)([O-])OCC[N+](C)(C)C. The molecule has 0 fully saturated rings. The van der Waals surface area contributed by atoms with E-state index in [-0.39, 0.29) is 26.1 Å². The van der Waals surface area contributed by atoms with Gasteiger partial charge in [-0.1, -0.05) is 135 Å². The molecule has 0 radical (unpaired) electrons. The highest BCUT2D eigenvalue weighted by molar-refractivity contribution is 7.45. The molecule has 2 unspecified atom stereocenters. The van der Waals surface area contributed by atoms with Crippen LogP contribution in [-0.4, -0.2) is 81.2 Å². The zero-order valence-corrected chi connectivity index (χ0v) is 37.6. The number of phosphoric acid groups is 1. The van der Waals surface area contributed by atoms with Crippen molar-refractivity contribution in [3.05, 3.63) is 122 Å². The predicted molar refractivity (Wildman–Crippen MR) is 241 cm³/mol. The average molecular weight is 842 g/mol. The highest BCUT2D eigenvalue weighted by Crippen LogP contribution is 2.38. The van der Waals surface area contributed by atoms with Crippen LogP contribution in [0, 0.1) is 0 Å². The van der Waals surface area contributed by atoms with Gasteiger partial charge in [0.25, 0.3) is 7.82 Å². The van der Waals surface area contributed by atoms with Crippen molar-refractivity contribution in [1.29, 1.82) is 0 Å². The van der Waals surface area contributed by atoms with Gasteiger partial charge in [0.1, 0.15) is 19.8 Å². The number of ether oxygens (including phenoxy) is 2. The third-order valence-electron chi connectivity index (χ3n) is 8.06. The molecule has 3 atom stereocenters. The number of aliphatic hydroxyl groups is 1. The zero-order chi connectivity index (χ0) is 43.7. The number of aliphatic hydroxyl groups excluding tert-OH is 1. The fraction of sp³-hybridized carbons (Fsp3) is 0.542. The summed E-state index contributed by atoms with van der Waals surface area (Å²) in [6.07, 6.45) is 49.9. The second-order valence-corrected chi connectivity index (χ2v) is 16.2. The molecule has 0 bridgehead atoms. The number of phosphoric ester groups is 1. The molecular weight excluding hydrogens is 766 g/mol. The summed E-state index contributed by atoms with van der Waals surface area (Å²) in [5.74, 6) is -1.03. The minimum absolute atomic E-state index is 0.0682. The molecule has 0 saturated heterocycles. The van der Waals surface area contributed by atoms with Gasteiger partial charge in [-0.05, 0) is 83.5 Å². The Labute approximate surface area is 357 Å². The van der Waals surface area contributed by atoms with E-state index in [2.05, 4.69) is 74.6 Å². The second-order valence-electron chi connectivity index (χ2n) is 14.8. The number of esters is 2. The van der Waals surface area contributed by atoms with Crippen LogP contribution in [0.3, 0.4) is 0 Å². The summed E-state index contributed by atoms with van der Waals surface area (Å²) in [6, 6.07) is 0. The van der Waals surface area contributed by atoms with Crippen LogP contribution in [0.15, 0.2) is 122 Å². The number of nitrogens with zero attached hydrogens (tertiary/aromatic N) is 1. The van der Waals surface area contributed by atoms with Crippen molar-refractivity contribution in [2.75, 3.05) is 47.5 Å². The van der Waals surface area contributed by atoms with E-state index in [4.69, 9.17) is 18.5 Å². The molecule has 0 aromatic carbocycles. The highest BCUT2D eigenvalue weighted by Gasteiger charge is 2.21. The molecule has 0 saturated carbocycles. The van der Waals surface area contributed by atoms with Gasteiger partial charge in [0.05, 0.1) is 33.9 Å². The topological polar surface area (TPSA) is 131 Å². The Morgan fingerprint density at radius 3 is 1.63 bits per heavy atom. The lowest BCUT2D eigenvalue weighted by molar-refractivity contribution is -0.870. The molecule has 0 aliphatic rings. The minimum atomic E-state index is -4.68. The number of unbranched alkanes of at least 4 members (excludes halogenated alkanes) is 2. The van der Waals surface area contributed by atoms with E-state index in [0.717, 1.165) is 44.9 Å². The van der Waals surface area contributed by atoms with Gasteiger partial charge >= 0.3 is 11.9 Å². The normalized spacial score (nSPS) is 15.3. The number of carbonyl (C=O) groups is 2. The van der Waals surface area contributed by atoms with Crippen LogP contribution in [0.4, 0.5) is 0 Å². The van der Waals surface area contributed by atoms with Gasteiger partial charge in [0.2, 0.25) is 0 Å². The number of rotatable bonds is 36. The molecule has 0 aromatic heterocycles. The summed E-state index contributed by atoms with van der Waals surface area (Å²) in [4.78, 5) is 37.5. The summed E-state index contributed by atoms with van der Waals surface area (Å²) < 4.78 is 33.7. The number of hydrogen-bond donors (Lipinski definition) is 1. The van der Waals surface area contributed by atoms with Crippen LogP contribution in [0.5, 0.6) is 0 Å². The number of allylic oxidation sites excluding steroid dienone is 18. The molecular formula is C48H76NO9P. The van der Waals surface area contributed by atoms with E-state index in [1.807, 2.05) is 75.8 Å². The van der Waals surface area contributed by atoms with Crippen LogP contribution in [-0.2, 0) is 32.7 Å². The monoisotopic (exact) mass is 842 g/mol. The first-order valence-corrected chi connectivity index (χ1v) is 22.8. The van der Waals surface area contributed by atoms with E-state index < -0.39 is 38.6 Å². The lowest BCUT2D eigenvalue weighted by Crippen LogP contribution is -2.37. The lowest BCUT2D eigenvalue weighted by Gasteiger charge is -2.28. The van der Waals surface area contributed by atoms with Crippen LogP contribution < -0.4 is 4.89 Å². The Hall–Kier alpha value is -3.63. The predicted octanol–water partition coefficient (Wildman–Crippen LogP) is 10.5. The zero-order valence-electron chi connectivity index (χ0n) is 36.7. The Kier molecular flexibility index (Phi) is 36.2. The molecule has 0 aromatic rings. The number of quaternary nitrogens is 1. The minimum Gasteiger partial charge on any atom is -0.756 e. The lowest BCUT2D eigenvalue weighted by atomic mass is 10.2. The average Bonchev–Trinajstić information content (AvgIpc) is 3.18. The second kappa shape index (κ2) is 38.6. The third-order valence-corrected chi connectivity index (χ3v) is 9.02. The molecule has 0 rings (SSSR count). The van der Waals surface area contributed by atoms with Crippen LogP contribution in [0.25, 0.3) is 0 Å². The molecule has 59 heavy (non-hydrogen) atoms. The van der Waals surface area contributed by atoms with Gasteiger partial charge in [-0.2, -0.15) is 0 Å². The Morgan fingerprint density at radius 2 is 1.10 bits per heavy atom. The van der Waals surface area contributed by atoms with Crippen LogP contribution in [0.2, 0.25) is 0 Å². The summed E-state index contributed by atoms with van der Waals surface area (Å²) in [5.41, 5.74) is 0. The quantitative estimate of drug-likeness (QED) is 0.0164. The van der Waals surface area contributed by atoms with Crippen molar-refractivity contribution in [3.8, 4) is 0 Å². The van der Waals surface area contributed by atoms with Gasteiger partial charge < -0.3 is 33.0 Å². The molecule has 0 spiro atoms. The number of hydrogen-bond acceptors (Lipinski definition) is 9. The van der Waals surface area contributed by atoms with Crippen molar-refractivity contribution >= 4 is 19.8 Å². The molecule has 0 aliphatic carbocycles. The Bertz CT molecular complexity index is 1430. The molecule has 0 aliphatic heterocycles. The highest BCUT2D eigenvalue weighted by atomic mass is 31.2. The van der Waals surface area contributed by atoms with Gasteiger partial charge in [-0.25, -0.2) is 0 Å². The molecule has 11 heteroatoms. The number of carbonyl (C=O) groups excluding carboxylic acids is 2. The van der Waals surface area contributed by atoms with Gasteiger partial charge in [0.15, 0.2) is 6.10 Å². The van der Waals surface area contributed by atoms with Gasteiger partial charge in [-0.3, -0.25) is 14.2 Å². The first kappa shape index (κ1) is 55.4. The maximum absolute atomic E-state index is 12.6. The fourth-order valence-corrected chi connectivity index (χ4v) is 5.48. The van der Waals surface area contributed by atoms with E-state index in [0.29, 0.717) is 49.6 Å². The summed E-state index contributed by atoms with van der Waals surface area (Å²) in [5, 5.41) is 10.0. The van der Waals surface area contributed by atoms with E-state index in [9.17, 15) is 24.2 Å².